The minimum atomic E-state index is 0.537. The van der Waals surface area contributed by atoms with Crippen LogP contribution in [0.5, 0.6) is 0 Å². The van der Waals surface area contributed by atoms with E-state index in [1.807, 2.05) is 13.0 Å². The molecular weight excluding hydrogens is 270 g/mol. The van der Waals surface area contributed by atoms with Crippen molar-refractivity contribution in [2.24, 2.45) is 5.92 Å². The van der Waals surface area contributed by atoms with Gasteiger partial charge in [0.2, 0.25) is 0 Å². The van der Waals surface area contributed by atoms with E-state index in [2.05, 4.69) is 63.1 Å². The number of nitrogens with zero attached hydrogens (tertiary/aromatic N) is 1. The number of hydrogen-bond acceptors (Lipinski definition) is 1. The van der Waals surface area contributed by atoms with Crippen molar-refractivity contribution in [2.75, 3.05) is 6.61 Å². The SMILES string of the molecule is C=CCC(C)/C=C(/C)Cn1c(COCC)cc(=C/C)/c1=C\C. The van der Waals surface area contributed by atoms with Crippen molar-refractivity contribution in [3.63, 3.8) is 0 Å². The lowest BCUT2D eigenvalue weighted by Crippen LogP contribution is -2.29. The van der Waals surface area contributed by atoms with Gasteiger partial charge in [0, 0.05) is 24.2 Å². The number of allylic oxidation sites excluding steroid dienone is 3. The first kappa shape index (κ1) is 18.5. The number of rotatable bonds is 8. The quantitative estimate of drug-likeness (QED) is 0.666. The Balaban J connectivity index is 3.16. The van der Waals surface area contributed by atoms with Gasteiger partial charge >= 0.3 is 0 Å². The molecule has 122 valence electrons. The van der Waals surface area contributed by atoms with Gasteiger partial charge in [-0.15, -0.1) is 6.58 Å². The normalized spacial score (nSPS) is 15.4. The van der Waals surface area contributed by atoms with Crippen molar-refractivity contribution in [3.8, 4) is 0 Å². The summed E-state index contributed by atoms with van der Waals surface area (Å²) in [4.78, 5) is 0. The van der Waals surface area contributed by atoms with E-state index in [1.54, 1.807) is 0 Å². The summed E-state index contributed by atoms with van der Waals surface area (Å²) < 4.78 is 8.01. The molecule has 0 fully saturated rings. The fourth-order valence-electron chi connectivity index (χ4n) is 2.83. The van der Waals surface area contributed by atoms with Crippen molar-refractivity contribution >= 4 is 12.2 Å². The zero-order valence-electron chi connectivity index (χ0n) is 14.9. The molecule has 1 aromatic rings. The molecule has 2 heteroatoms. The Hall–Kier alpha value is -1.54. The zero-order valence-corrected chi connectivity index (χ0v) is 14.9. The van der Waals surface area contributed by atoms with Gasteiger partial charge in [-0.25, -0.2) is 0 Å². The Bertz CT molecular complexity index is 619. The lowest BCUT2D eigenvalue weighted by atomic mass is 10.0. The van der Waals surface area contributed by atoms with Crippen LogP contribution in [0.1, 0.15) is 46.7 Å². The lowest BCUT2D eigenvalue weighted by Gasteiger charge is -2.12. The molecule has 22 heavy (non-hydrogen) atoms. The molecule has 0 amide bonds. The smallest absolute Gasteiger partial charge is 0.0868 e. The molecule has 1 rings (SSSR count). The molecule has 0 aliphatic carbocycles. The summed E-state index contributed by atoms with van der Waals surface area (Å²) in [5.74, 6) is 0.537. The van der Waals surface area contributed by atoms with E-state index >= 15 is 0 Å². The maximum Gasteiger partial charge on any atom is 0.0868 e. The molecule has 1 unspecified atom stereocenters. The van der Waals surface area contributed by atoms with Gasteiger partial charge in [0.15, 0.2) is 0 Å². The van der Waals surface area contributed by atoms with Gasteiger partial charge in [0.25, 0.3) is 0 Å². The molecule has 0 N–H and O–H groups in total. The summed E-state index contributed by atoms with van der Waals surface area (Å²) in [5.41, 5.74) is 2.63. The van der Waals surface area contributed by atoms with E-state index in [1.165, 1.54) is 21.8 Å². The van der Waals surface area contributed by atoms with Gasteiger partial charge in [-0.1, -0.05) is 36.8 Å². The van der Waals surface area contributed by atoms with Crippen molar-refractivity contribution in [2.45, 2.75) is 54.2 Å². The number of aromatic nitrogens is 1. The summed E-state index contributed by atoms with van der Waals surface area (Å²) in [6.07, 6.45) is 9.71. The topological polar surface area (TPSA) is 14.2 Å². The first-order valence-corrected chi connectivity index (χ1v) is 8.24. The van der Waals surface area contributed by atoms with Gasteiger partial charge in [0.05, 0.1) is 6.61 Å². The molecule has 2 nitrogen and oxygen atoms in total. The highest BCUT2D eigenvalue weighted by atomic mass is 16.5. The molecule has 0 aliphatic heterocycles. The van der Waals surface area contributed by atoms with Crippen molar-refractivity contribution in [1.29, 1.82) is 0 Å². The molecule has 1 atom stereocenters. The fourth-order valence-corrected chi connectivity index (χ4v) is 2.83. The molecule has 0 aliphatic rings. The van der Waals surface area contributed by atoms with E-state index in [0.29, 0.717) is 12.5 Å². The van der Waals surface area contributed by atoms with Crippen LogP contribution in [0.25, 0.3) is 12.2 Å². The van der Waals surface area contributed by atoms with Crippen LogP contribution in [0.2, 0.25) is 0 Å². The van der Waals surface area contributed by atoms with Crippen LogP contribution >= 0.6 is 0 Å². The van der Waals surface area contributed by atoms with Gasteiger partial charge in [0.1, 0.15) is 0 Å². The average Bonchev–Trinajstić information content (AvgIpc) is 2.81. The molecule has 0 bridgehead atoms. The number of ether oxygens (including phenoxy) is 1. The van der Waals surface area contributed by atoms with E-state index in [9.17, 15) is 0 Å². The third-order valence-corrected chi connectivity index (χ3v) is 3.81. The highest BCUT2D eigenvalue weighted by molar-refractivity contribution is 5.30. The third-order valence-electron chi connectivity index (χ3n) is 3.81. The van der Waals surface area contributed by atoms with Crippen molar-refractivity contribution < 1.29 is 4.74 Å². The number of hydrogen-bond donors (Lipinski definition) is 0. The maximum absolute atomic E-state index is 5.64. The summed E-state index contributed by atoms with van der Waals surface area (Å²) >= 11 is 0. The van der Waals surface area contributed by atoms with Gasteiger partial charge in [-0.05, 0) is 51.3 Å². The molecule has 1 aromatic heterocycles. The van der Waals surface area contributed by atoms with Crippen LogP contribution < -0.4 is 10.6 Å². The summed E-state index contributed by atoms with van der Waals surface area (Å²) in [6, 6.07) is 2.24. The van der Waals surface area contributed by atoms with Crippen LogP contribution in [-0.2, 0) is 17.9 Å². The predicted molar refractivity (Wildman–Crippen MR) is 97.0 cm³/mol. The molecular formula is C20H31NO. The minimum Gasteiger partial charge on any atom is -0.376 e. The van der Waals surface area contributed by atoms with Gasteiger partial charge in [-0.2, -0.15) is 0 Å². The minimum absolute atomic E-state index is 0.537. The Morgan fingerprint density at radius 1 is 1.36 bits per heavy atom. The fraction of sp³-hybridized carbons (Fsp3) is 0.500. The maximum atomic E-state index is 5.64. The standard InChI is InChI=1S/C20H31NO/c1-7-11-16(5)12-17(6)14-21-19(15-22-10-4)13-18(8-2)20(21)9-3/h7-9,12-13,16H,1,10-11,14-15H2,2-6H3/b17-12-,18-8-,20-9+. The van der Waals surface area contributed by atoms with Crippen molar-refractivity contribution in [3.05, 3.63) is 46.6 Å². The predicted octanol–water partition coefficient (Wildman–Crippen LogP) is 3.78. The van der Waals surface area contributed by atoms with E-state index in [4.69, 9.17) is 4.74 Å². The molecule has 0 saturated carbocycles. The third kappa shape index (κ3) is 5.03. The molecule has 0 radical (unpaired) electrons. The Kier molecular flexibility index (Phi) is 7.97. The molecule has 0 spiro atoms. The van der Waals surface area contributed by atoms with E-state index < -0.39 is 0 Å². The first-order valence-electron chi connectivity index (χ1n) is 8.24. The highest BCUT2D eigenvalue weighted by Crippen LogP contribution is 2.10. The molecule has 0 saturated heterocycles. The highest BCUT2D eigenvalue weighted by Gasteiger charge is 2.07. The van der Waals surface area contributed by atoms with E-state index in [0.717, 1.165) is 19.6 Å². The largest absolute Gasteiger partial charge is 0.376 e. The van der Waals surface area contributed by atoms with Crippen molar-refractivity contribution in [1.82, 2.24) is 4.57 Å². The second kappa shape index (κ2) is 9.47. The van der Waals surface area contributed by atoms with Crippen LogP contribution in [0.15, 0.2) is 30.4 Å². The lowest BCUT2D eigenvalue weighted by molar-refractivity contribution is 0.128. The van der Waals surface area contributed by atoms with E-state index in [-0.39, 0.29) is 0 Å². The van der Waals surface area contributed by atoms with Gasteiger partial charge < -0.3 is 9.30 Å². The molecule has 1 heterocycles. The Morgan fingerprint density at radius 2 is 2.09 bits per heavy atom. The molecule has 0 aromatic carbocycles. The van der Waals surface area contributed by atoms with Crippen LogP contribution in [-0.4, -0.2) is 11.2 Å². The Morgan fingerprint density at radius 3 is 2.64 bits per heavy atom. The summed E-state index contributed by atoms with van der Waals surface area (Å²) in [5, 5.41) is 2.56. The first-order chi connectivity index (χ1) is 10.6. The van der Waals surface area contributed by atoms with Crippen LogP contribution in [0, 0.1) is 5.92 Å². The monoisotopic (exact) mass is 301 g/mol. The van der Waals surface area contributed by atoms with Crippen LogP contribution in [0.3, 0.4) is 0 Å². The summed E-state index contributed by atoms with van der Waals surface area (Å²) in [7, 11) is 0. The second-order valence-corrected chi connectivity index (χ2v) is 5.79. The second-order valence-electron chi connectivity index (χ2n) is 5.79. The van der Waals surface area contributed by atoms with Crippen LogP contribution in [0.4, 0.5) is 0 Å². The van der Waals surface area contributed by atoms with Gasteiger partial charge in [-0.3, -0.25) is 0 Å². The summed E-state index contributed by atoms with van der Waals surface area (Å²) in [6.45, 7) is 16.8. The average molecular weight is 301 g/mol. The Labute approximate surface area is 135 Å². The zero-order chi connectivity index (χ0) is 16.5.